The van der Waals surface area contributed by atoms with Gasteiger partial charge in [-0.15, -0.1) is 0 Å². The Hall–Kier alpha value is -2.47. The summed E-state index contributed by atoms with van der Waals surface area (Å²) in [5.74, 6) is 0.703. The maximum atomic E-state index is 5.31. The maximum absolute atomic E-state index is 5.31. The van der Waals surface area contributed by atoms with E-state index >= 15 is 0 Å². The Kier molecular flexibility index (Phi) is 3.79. The molecule has 0 saturated heterocycles. The number of anilines is 1. The van der Waals surface area contributed by atoms with Crippen LogP contribution in [0.1, 0.15) is 5.56 Å². The average molecular weight is 284 g/mol. The first-order valence-corrected chi connectivity index (χ1v) is 6.70. The van der Waals surface area contributed by atoms with Gasteiger partial charge < -0.3 is 14.6 Å². The number of benzene rings is 1. The summed E-state index contributed by atoms with van der Waals surface area (Å²) in [5.41, 5.74) is 3.39. The number of rotatable bonds is 5. The molecular weight excluding hydrogens is 268 g/mol. The van der Waals surface area contributed by atoms with Crippen LogP contribution in [-0.2, 0) is 4.74 Å². The summed E-state index contributed by atoms with van der Waals surface area (Å²) in [6.45, 7) is 3.29. The molecule has 0 unspecified atom stereocenters. The van der Waals surface area contributed by atoms with E-state index < -0.39 is 0 Å². The topological polar surface area (TPSA) is 73.1 Å². The van der Waals surface area contributed by atoms with Crippen LogP contribution in [0.25, 0.3) is 22.4 Å². The van der Waals surface area contributed by atoms with Crippen LogP contribution in [0.15, 0.2) is 35.1 Å². The fraction of sp³-hybridized carbons (Fsp3) is 0.267. The zero-order valence-electron chi connectivity index (χ0n) is 12.0. The number of nitrogens with zero attached hydrogens (tertiary/aromatic N) is 3. The zero-order chi connectivity index (χ0) is 14.7. The molecular formula is C15H16N4O2. The van der Waals surface area contributed by atoms with Crippen molar-refractivity contribution in [2.45, 2.75) is 6.92 Å². The summed E-state index contributed by atoms with van der Waals surface area (Å²) in [5, 5.41) is 8.14. The van der Waals surface area contributed by atoms with Crippen LogP contribution >= 0.6 is 0 Å². The highest BCUT2D eigenvalue weighted by Crippen LogP contribution is 2.31. The quantitative estimate of drug-likeness (QED) is 0.726. The highest BCUT2D eigenvalue weighted by atomic mass is 16.5. The summed E-state index contributed by atoms with van der Waals surface area (Å²) in [6.07, 6.45) is 1.46. The predicted octanol–water partition coefficient (Wildman–Crippen LogP) is 2.65. The summed E-state index contributed by atoms with van der Waals surface area (Å²) >= 11 is 0. The van der Waals surface area contributed by atoms with Crippen molar-refractivity contribution in [1.82, 2.24) is 15.1 Å². The fourth-order valence-electron chi connectivity index (χ4n) is 2.10. The van der Waals surface area contributed by atoms with E-state index in [1.807, 2.05) is 31.2 Å². The van der Waals surface area contributed by atoms with E-state index in [2.05, 4.69) is 20.4 Å². The van der Waals surface area contributed by atoms with Crippen molar-refractivity contribution in [3.8, 4) is 11.3 Å². The molecule has 108 valence electrons. The molecule has 0 atom stereocenters. The van der Waals surface area contributed by atoms with Crippen molar-refractivity contribution in [3.05, 3.63) is 36.2 Å². The number of fused-ring (bicyclic) bond motifs is 1. The Bertz CT molecular complexity index is 737. The van der Waals surface area contributed by atoms with E-state index in [-0.39, 0.29) is 0 Å². The van der Waals surface area contributed by atoms with Gasteiger partial charge in [0.05, 0.1) is 6.61 Å². The van der Waals surface area contributed by atoms with Crippen LogP contribution in [0.3, 0.4) is 0 Å². The van der Waals surface area contributed by atoms with Gasteiger partial charge in [0.25, 0.3) is 5.71 Å². The minimum atomic E-state index is 0.473. The van der Waals surface area contributed by atoms with Crippen molar-refractivity contribution in [3.63, 3.8) is 0 Å². The molecule has 0 saturated carbocycles. The summed E-state index contributed by atoms with van der Waals surface area (Å²) in [6, 6.07) is 8.10. The van der Waals surface area contributed by atoms with E-state index in [9.17, 15) is 0 Å². The molecule has 0 fully saturated rings. The van der Waals surface area contributed by atoms with Crippen molar-refractivity contribution in [2.24, 2.45) is 0 Å². The second-order valence-electron chi connectivity index (χ2n) is 4.72. The molecule has 1 aromatic carbocycles. The first kappa shape index (κ1) is 13.5. The number of ether oxygens (including phenoxy) is 1. The van der Waals surface area contributed by atoms with Crippen LogP contribution in [0.5, 0.6) is 0 Å². The van der Waals surface area contributed by atoms with Gasteiger partial charge in [0.1, 0.15) is 23.2 Å². The van der Waals surface area contributed by atoms with Crippen LogP contribution in [-0.4, -0.2) is 35.4 Å². The van der Waals surface area contributed by atoms with E-state index in [4.69, 9.17) is 9.26 Å². The van der Waals surface area contributed by atoms with Crippen LogP contribution in [0.4, 0.5) is 5.82 Å². The number of methoxy groups -OCH3 is 1. The van der Waals surface area contributed by atoms with Crippen molar-refractivity contribution < 1.29 is 9.26 Å². The lowest BCUT2D eigenvalue weighted by Gasteiger charge is -2.06. The summed E-state index contributed by atoms with van der Waals surface area (Å²) < 4.78 is 10.3. The lowest BCUT2D eigenvalue weighted by atomic mass is 10.1. The molecule has 6 nitrogen and oxygen atoms in total. The zero-order valence-corrected chi connectivity index (χ0v) is 12.0. The molecule has 2 aromatic heterocycles. The first-order valence-electron chi connectivity index (χ1n) is 6.70. The maximum Gasteiger partial charge on any atom is 0.263 e. The third-order valence-corrected chi connectivity index (χ3v) is 3.20. The lowest BCUT2D eigenvalue weighted by Crippen LogP contribution is -2.09. The Morgan fingerprint density at radius 1 is 1.19 bits per heavy atom. The number of hydrogen-bond donors (Lipinski definition) is 1. The molecule has 21 heavy (non-hydrogen) atoms. The first-order chi connectivity index (χ1) is 10.3. The van der Waals surface area contributed by atoms with Gasteiger partial charge in [-0.25, -0.2) is 4.98 Å². The second kappa shape index (κ2) is 5.88. The molecule has 0 bridgehead atoms. The van der Waals surface area contributed by atoms with E-state index in [1.54, 1.807) is 7.11 Å². The van der Waals surface area contributed by atoms with Gasteiger partial charge in [0, 0.05) is 19.2 Å². The lowest BCUT2D eigenvalue weighted by molar-refractivity contribution is 0.210. The van der Waals surface area contributed by atoms with Gasteiger partial charge in [-0.2, -0.15) is 4.98 Å². The minimum absolute atomic E-state index is 0.473. The van der Waals surface area contributed by atoms with Gasteiger partial charge >= 0.3 is 0 Å². The van der Waals surface area contributed by atoms with Gasteiger partial charge in [-0.1, -0.05) is 35.0 Å². The molecule has 0 aliphatic heterocycles. The van der Waals surface area contributed by atoms with Crippen molar-refractivity contribution in [1.29, 1.82) is 0 Å². The SMILES string of the molecule is COCCNc1ncnc2onc(-c3ccc(C)cc3)c12. The van der Waals surface area contributed by atoms with Crippen molar-refractivity contribution in [2.75, 3.05) is 25.6 Å². The van der Waals surface area contributed by atoms with E-state index in [0.29, 0.717) is 24.7 Å². The fourth-order valence-corrected chi connectivity index (χ4v) is 2.10. The van der Waals surface area contributed by atoms with Gasteiger partial charge in [-0.05, 0) is 6.92 Å². The van der Waals surface area contributed by atoms with Gasteiger partial charge in [0.15, 0.2) is 0 Å². The molecule has 0 amide bonds. The van der Waals surface area contributed by atoms with E-state index in [0.717, 1.165) is 16.6 Å². The Balaban J connectivity index is 2.04. The summed E-state index contributed by atoms with van der Waals surface area (Å²) in [7, 11) is 1.66. The molecule has 0 spiro atoms. The minimum Gasteiger partial charge on any atom is -0.383 e. The van der Waals surface area contributed by atoms with E-state index in [1.165, 1.54) is 11.9 Å². The molecule has 2 heterocycles. The number of hydrogen-bond acceptors (Lipinski definition) is 6. The highest BCUT2D eigenvalue weighted by Gasteiger charge is 2.16. The normalized spacial score (nSPS) is 11.0. The molecule has 1 N–H and O–H groups in total. The smallest absolute Gasteiger partial charge is 0.263 e. The predicted molar refractivity (Wildman–Crippen MR) is 80.1 cm³/mol. The number of nitrogens with one attached hydrogen (secondary N) is 1. The Labute approximate surface area is 122 Å². The molecule has 0 aliphatic carbocycles. The van der Waals surface area contributed by atoms with Crippen LogP contribution < -0.4 is 5.32 Å². The third kappa shape index (κ3) is 2.71. The number of aromatic nitrogens is 3. The molecule has 3 aromatic rings. The molecule has 0 aliphatic rings. The van der Waals surface area contributed by atoms with Gasteiger partial charge in [-0.3, -0.25) is 0 Å². The molecule has 0 radical (unpaired) electrons. The molecule has 3 rings (SSSR count). The van der Waals surface area contributed by atoms with Crippen LogP contribution in [0, 0.1) is 6.92 Å². The van der Waals surface area contributed by atoms with Crippen molar-refractivity contribution >= 4 is 16.9 Å². The second-order valence-corrected chi connectivity index (χ2v) is 4.72. The number of aryl methyl sites for hydroxylation is 1. The van der Waals surface area contributed by atoms with Gasteiger partial charge in [0.2, 0.25) is 0 Å². The monoisotopic (exact) mass is 284 g/mol. The van der Waals surface area contributed by atoms with Crippen LogP contribution in [0.2, 0.25) is 0 Å². The Morgan fingerprint density at radius 2 is 2.00 bits per heavy atom. The summed E-state index contributed by atoms with van der Waals surface area (Å²) in [4.78, 5) is 8.40. The standard InChI is InChI=1S/C15H16N4O2/c1-10-3-5-11(6-4-10)13-12-14(16-7-8-20-2)17-9-18-15(12)21-19-13/h3-6,9H,7-8H2,1-2H3,(H,16,17,18). The highest BCUT2D eigenvalue weighted by molar-refractivity contribution is 5.97. The Morgan fingerprint density at radius 3 is 2.76 bits per heavy atom. The molecule has 6 heteroatoms. The largest absolute Gasteiger partial charge is 0.383 e. The third-order valence-electron chi connectivity index (χ3n) is 3.20. The average Bonchev–Trinajstić information content (AvgIpc) is 2.93.